The Bertz CT molecular complexity index is 1490. The van der Waals surface area contributed by atoms with Gasteiger partial charge in [-0.1, -0.05) is 59.6 Å². The lowest BCUT2D eigenvalue weighted by Gasteiger charge is -2.05. The van der Waals surface area contributed by atoms with Gasteiger partial charge in [-0.05, 0) is 29.8 Å². The van der Waals surface area contributed by atoms with E-state index in [9.17, 15) is 19.7 Å². The molecular formula is C22H15Cl2N5O4. The van der Waals surface area contributed by atoms with Crippen LogP contribution in [0.1, 0.15) is 16.8 Å². The largest absolute Gasteiger partial charge is 0.357 e. The molecule has 0 fully saturated rings. The van der Waals surface area contributed by atoms with E-state index >= 15 is 0 Å². The van der Waals surface area contributed by atoms with E-state index < -0.39 is 21.9 Å². The number of hydrogen-bond acceptors (Lipinski definition) is 5. The van der Waals surface area contributed by atoms with Crippen LogP contribution >= 0.6 is 23.2 Å². The highest BCUT2D eigenvalue weighted by Crippen LogP contribution is 2.26. The fourth-order valence-electron chi connectivity index (χ4n) is 3.26. The van der Waals surface area contributed by atoms with E-state index in [2.05, 4.69) is 10.1 Å². The average Bonchev–Trinajstić information content (AvgIpc) is 3.17. The SMILES string of the molecule is O=c1[nH]c(/C=C/c2cn(Cc3ccc(Cl)cc3Cl)nc2-c2ccccc2)c([N+](=O)[O-])c(=O)[nH]1. The number of halogens is 2. The molecule has 4 rings (SSSR count). The Morgan fingerprint density at radius 1 is 1.06 bits per heavy atom. The molecule has 0 saturated heterocycles. The summed E-state index contributed by atoms with van der Waals surface area (Å²) >= 11 is 12.3. The molecule has 0 saturated carbocycles. The smallest absolute Gasteiger partial charge is 0.301 e. The van der Waals surface area contributed by atoms with E-state index in [1.807, 2.05) is 35.3 Å². The molecule has 0 aliphatic heterocycles. The molecule has 4 aromatic rings. The molecule has 33 heavy (non-hydrogen) atoms. The standard InChI is InChI=1S/C22H15Cl2N5O4/c23-16-8-6-14(17(24)10-16)11-28-12-15(19(27-28)13-4-2-1-3-5-13)7-9-18-20(29(32)33)21(30)26-22(31)25-18/h1-10,12H,11H2,(H2,25,26,30,31)/b9-7+. The lowest BCUT2D eigenvalue weighted by molar-refractivity contribution is -0.386. The first-order chi connectivity index (χ1) is 15.8. The molecule has 2 N–H and O–H groups in total. The van der Waals surface area contributed by atoms with Crippen molar-refractivity contribution in [2.75, 3.05) is 0 Å². The minimum atomic E-state index is -1.08. The summed E-state index contributed by atoms with van der Waals surface area (Å²) in [7, 11) is 0. The van der Waals surface area contributed by atoms with Crippen molar-refractivity contribution in [1.29, 1.82) is 0 Å². The van der Waals surface area contributed by atoms with Gasteiger partial charge < -0.3 is 4.98 Å². The zero-order valence-corrected chi connectivity index (χ0v) is 18.3. The third-order valence-electron chi connectivity index (χ3n) is 4.74. The van der Waals surface area contributed by atoms with Gasteiger partial charge in [0.05, 0.1) is 17.2 Å². The van der Waals surface area contributed by atoms with Crippen LogP contribution < -0.4 is 11.2 Å². The van der Waals surface area contributed by atoms with Crippen molar-refractivity contribution < 1.29 is 4.92 Å². The first kappa shape index (κ1) is 22.3. The van der Waals surface area contributed by atoms with Gasteiger partial charge in [0.15, 0.2) is 0 Å². The van der Waals surface area contributed by atoms with E-state index in [1.165, 1.54) is 6.08 Å². The Kier molecular flexibility index (Phi) is 6.25. The summed E-state index contributed by atoms with van der Waals surface area (Å²) in [5.74, 6) is 0. The van der Waals surface area contributed by atoms with Gasteiger partial charge >= 0.3 is 16.9 Å². The molecule has 0 aliphatic carbocycles. The molecule has 0 aliphatic rings. The topological polar surface area (TPSA) is 127 Å². The Morgan fingerprint density at radius 2 is 1.82 bits per heavy atom. The first-order valence-electron chi connectivity index (χ1n) is 9.57. The molecule has 0 bridgehead atoms. The van der Waals surface area contributed by atoms with E-state index in [-0.39, 0.29) is 5.69 Å². The fraction of sp³-hybridized carbons (Fsp3) is 0.0455. The minimum absolute atomic E-state index is 0.221. The highest BCUT2D eigenvalue weighted by molar-refractivity contribution is 6.35. The molecule has 0 unspecified atom stereocenters. The highest BCUT2D eigenvalue weighted by atomic mass is 35.5. The Balaban J connectivity index is 1.79. The zero-order valence-electron chi connectivity index (χ0n) is 16.8. The van der Waals surface area contributed by atoms with Crippen molar-refractivity contribution >= 4 is 41.0 Å². The molecular weight excluding hydrogens is 469 g/mol. The molecule has 11 heteroatoms. The highest BCUT2D eigenvalue weighted by Gasteiger charge is 2.19. The van der Waals surface area contributed by atoms with Gasteiger partial charge in [0, 0.05) is 27.4 Å². The van der Waals surface area contributed by atoms with Crippen molar-refractivity contribution in [2.45, 2.75) is 6.54 Å². The molecule has 0 amide bonds. The van der Waals surface area contributed by atoms with Gasteiger partial charge in [-0.15, -0.1) is 0 Å². The van der Waals surface area contributed by atoms with Crippen LogP contribution in [0.4, 0.5) is 5.69 Å². The number of hydrogen-bond donors (Lipinski definition) is 2. The molecule has 2 aromatic heterocycles. The number of aromatic amines is 2. The van der Waals surface area contributed by atoms with Crippen molar-refractivity contribution in [3.8, 4) is 11.3 Å². The number of nitro groups is 1. The third kappa shape index (κ3) is 4.94. The molecule has 9 nitrogen and oxygen atoms in total. The summed E-state index contributed by atoms with van der Waals surface area (Å²) < 4.78 is 1.67. The zero-order chi connectivity index (χ0) is 23.5. The Morgan fingerprint density at radius 3 is 2.52 bits per heavy atom. The summed E-state index contributed by atoms with van der Waals surface area (Å²) in [5, 5.41) is 17.0. The number of benzene rings is 2. The lowest BCUT2D eigenvalue weighted by Crippen LogP contribution is -2.25. The van der Waals surface area contributed by atoms with Gasteiger partial charge in [-0.3, -0.25) is 24.6 Å². The van der Waals surface area contributed by atoms with Gasteiger partial charge in [0.2, 0.25) is 0 Å². The van der Waals surface area contributed by atoms with Crippen LogP contribution in [0.2, 0.25) is 10.0 Å². The number of nitrogens with one attached hydrogen (secondary N) is 2. The fourth-order valence-corrected chi connectivity index (χ4v) is 3.73. The van der Waals surface area contributed by atoms with Gasteiger partial charge in [-0.2, -0.15) is 5.10 Å². The van der Waals surface area contributed by atoms with Crippen LogP contribution in [0, 0.1) is 10.1 Å². The first-order valence-corrected chi connectivity index (χ1v) is 10.3. The van der Waals surface area contributed by atoms with Crippen molar-refractivity contribution in [3.05, 3.63) is 113 Å². The second-order valence-electron chi connectivity index (χ2n) is 6.99. The maximum absolute atomic E-state index is 11.9. The normalized spacial score (nSPS) is 11.2. The summed E-state index contributed by atoms with van der Waals surface area (Å²) in [4.78, 5) is 38.1. The Hall–Kier alpha value is -3.95. The second kappa shape index (κ2) is 9.27. The van der Waals surface area contributed by atoms with E-state index in [4.69, 9.17) is 23.2 Å². The maximum atomic E-state index is 11.9. The summed E-state index contributed by atoms with van der Waals surface area (Å²) in [6.07, 6.45) is 4.59. The number of rotatable bonds is 6. The molecule has 0 radical (unpaired) electrons. The molecule has 0 atom stereocenters. The van der Waals surface area contributed by atoms with E-state index in [0.29, 0.717) is 27.8 Å². The second-order valence-corrected chi connectivity index (χ2v) is 7.84. The van der Waals surface area contributed by atoms with Gasteiger partial charge in [-0.25, -0.2) is 4.79 Å². The monoisotopic (exact) mass is 483 g/mol. The van der Waals surface area contributed by atoms with Gasteiger partial charge in [0.1, 0.15) is 5.69 Å². The van der Waals surface area contributed by atoms with Gasteiger partial charge in [0.25, 0.3) is 0 Å². The van der Waals surface area contributed by atoms with Crippen LogP contribution in [-0.2, 0) is 6.54 Å². The van der Waals surface area contributed by atoms with Crippen molar-refractivity contribution in [1.82, 2.24) is 19.7 Å². The van der Waals surface area contributed by atoms with Crippen molar-refractivity contribution in [3.63, 3.8) is 0 Å². The van der Waals surface area contributed by atoms with Crippen LogP contribution in [0.3, 0.4) is 0 Å². The van der Waals surface area contributed by atoms with Crippen LogP contribution in [0.5, 0.6) is 0 Å². The molecule has 0 spiro atoms. The van der Waals surface area contributed by atoms with Crippen molar-refractivity contribution in [2.24, 2.45) is 0 Å². The van der Waals surface area contributed by atoms with Crippen LogP contribution in [0.25, 0.3) is 23.4 Å². The summed E-state index contributed by atoms with van der Waals surface area (Å²) in [6, 6.07) is 14.5. The third-order valence-corrected chi connectivity index (χ3v) is 5.33. The Labute approximate surface area is 196 Å². The van der Waals surface area contributed by atoms with Crippen LogP contribution in [-0.4, -0.2) is 24.7 Å². The molecule has 2 aromatic carbocycles. The maximum Gasteiger partial charge on any atom is 0.357 e. The minimum Gasteiger partial charge on any atom is -0.301 e. The predicted molar refractivity (Wildman–Crippen MR) is 126 cm³/mol. The predicted octanol–water partition coefficient (Wildman–Crippen LogP) is 4.36. The number of nitrogens with zero attached hydrogens (tertiary/aromatic N) is 3. The lowest BCUT2D eigenvalue weighted by atomic mass is 10.1. The summed E-state index contributed by atoms with van der Waals surface area (Å²) in [6.45, 7) is 0.353. The molecule has 2 heterocycles. The molecule has 166 valence electrons. The quantitative estimate of drug-likeness (QED) is 0.311. The van der Waals surface area contributed by atoms with E-state index in [1.54, 1.807) is 35.2 Å². The van der Waals surface area contributed by atoms with E-state index in [0.717, 1.165) is 11.1 Å². The summed E-state index contributed by atoms with van der Waals surface area (Å²) in [5.41, 5.74) is -0.0798. The average molecular weight is 484 g/mol. The number of H-pyrrole nitrogens is 2. The number of aromatic nitrogens is 4. The van der Waals surface area contributed by atoms with Crippen LogP contribution in [0.15, 0.2) is 64.3 Å².